The predicted octanol–water partition coefficient (Wildman–Crippen LogP) is 1.78. The van der Waals surface area contributed by atoms with Crippen molar-refractivity contribution in [3.8, 4) is 0 Å². The van der Waals surface area contributed by atoms with Crippen LogP contribution in [0.2, 0.25) is 0 Å². The Kier molecular flexibility index (Phi) is 10.3. The van der Waals surface area contributed by atoms with E-state index in [0.717, 1.165) is 30.2 Å². The van der Waals surface area contributed by atoms with E-state index >= 15 is 0 Å². The third-order valence-electron chi connectivity index (χ3n) is 6.73. The van der Waals surface area contributed by atoms with E-state index in [-0.39, 0.29) is 43.4 Å². The maximum Gasteiger partial charge on any atom is 0.246 e. The molecule has 10 heteroatoms. The molecule has 3 rings (SSSR count). The molecule has 3 N–H and O–H groups in total. The Morgan fingerprint density at radius 2 is 1.76 bits per heavy atom. The van der Waals surface area contributed by atoms with E-state index in [2.05, 4.69) is 23.6 Å². The number of nitrogens with one attached hydrogen (secondary N) is 2. The summed E-state index contributed by atoms with van der Waals surface area (Å²) in [6.07, 6.45) is -0.246. The van der Waals surface area contributed by atoms with Crippen molar-refractivity contribution in [2.75, 3.05) is 26.2 Å². The molecule has 0 bridgehead atoms. The number of benzene rings is 2. The summed E-state index contributed by atoms with van der Waals surface area (Å²) in [6.45, 7) is 5.84. The molecular weight excluding hydrogens is 494 g/mol. The first-order valence-electron chi connectivity index (χ1n) is 12.9. The molecule has 0 aromatic heterocycles. The van der Waals surface area contributed by atoms with Crippen LogP contribution in [0.1, 0.15) is 37.5 Å². The number of aryl methyl sites for hydroxylation is 1. The van der Waals surface area contributed by atoms with Gasteiger partial charge in [-0.3, -0.25) is 14.4 Å². The zero-order valence-electron chi connectivity index (χ0n) is 22.0. The van der Waals surface area contributed by atoms with Gasteiger partial charge in [0.15, 0.2) is 0 Å². The van der Waals surface area contributed by atoms with Gasteiger partial charge in [0, 0.05) is 25.7 Å². The number of aliphatic hydroxyl groups excluding tert-OH is 1. The maximum absolute atomic E-state index is 13.8. The average molecular weight is 531 g/mol. The van der Waals surface area contributed by atoms with E-state index in [4.69, 9.17) is 0 Å². The highest BCUT2D eigenvalue weighted by atomic mass is 19.1. The second-order valence-electron chi connectivity index (χ2n) is 9.58. The number of hydrogen-bond donors (Lipinski definition) is 3. The Balaban J connectivity index is 1.67. The van der Waals surface area contributed by atoms with Crippen LogP contribution in [0, 0.1) is 11.6 Å². The second kappa shape index (κ2) is 13.4. The molecule has 3 atom stereocenters. The van der Waals surface area contributed by atoms with Crippen molar-refractivity contribution in [3.63, 3.8) is 0 Å². The molecule has 1 aliphatic rings. The summed E-state index contributed by atoms with van der Waals surface area (Å²) in [5, 5.41) is 16.8. The minimum absolute atomic E-state index is 0.0402. The SMILES string of the molecule is CCc1cccc(CNC[C@@H](O)[C@H](Cc2cc(F)cc(F)c2)NC(=O)CN2CC(=O)N(CC)[C@H](C)C2=O)c1. The molecule has 2 aromatic carbocycles. The molecular formula is C28H36F2N4O4. The largest absolute Gasteiger partial charge is 0.390 e. The second-order valence-corrected chi connectivity index (χ2v) is 9.58. The summed E-state index contributed by atoms with van der Waals surface area (Å²) in [6, 6.07) is 9.47. The number of hydrogen-bond acceptors (Lipinski definition) is 5. The van der Waals surface area contributed by atoms with Crippen molar-refractivity contribution >= 4 is 17.7 Å². The van der Waals surface area contributed by atoms with Crippen LogP contribution in [0.25, 0.3) is 0 Å². The Hall–Kier alpha value is -3.37. The fourth-order valence-electron chi connectivity index (χ4n) is 4.69. The third-order valence-corrected chi connectivity index (χ3v) is 6.73. The average Bonchev–Trinajstić information content (AvgIpc) is 2.86. The topological polar surface area (TPSA) is 102 Å². The Labute approximate surface area is 222 Å². The number of nitrogens with zero attached hydrogens (tertiary/aromatic N) is 2. The molecule has 8 nitrogen and oxygen atoms in total. The predicted molar refractivity (Wildman–Crippen MR) is 139 cm³/mol. The highest BCUT2D eigenvalue weighted by Gasteiger charge is 2.36. The maximum atomic E-state index is 13.8. The van der Waals surface area contributed by atoms with E-state index in [1.165, 1.54) is 15.4 Å². The first-order valence-corrected chi connectivity index (χ1v) is 12.9. The molecule has 206 valence electrons. The lowest BCUT2D eigenvalue weighted by Gasteiger charge is -2.38. The number of carbonyl (C=O) groups excluding carboxylic acids is 3. The monoisotopic (exact) mass is 530 g/mol. The molecule has 1 saturated heterocycles. The summed E-state index contributed by atoms with van der Waals surface area (Å²) >= 11 is 0. The zero-order chi connectivity index (χ0) is 27.8. The molecule has 0 radical (unpaired) electrons. The lowest BCUT2D eigenvalue weighted by molar-refractivity contribution is -0.156. The molecule has 1 aliphatic heterocycles. The van der Waals surface area contributed by atoms with Gasteiger partial charge in [-0.2, -0.15) is 0 Å². The van der Waals surface area contributed by atoms with Crippen molar-refractivity contribution in [3.05, 3.63) is 70.8 Å². The van der Waals surface area contributed by atoms with Crippen molar-refractivity contribution < 1.29 is 28.3 Å². The van der Waals surface area contributed by atoms with E-state index in [1.807, 2.05) is 18.2 Å². The highest BCUT2D eigenvalue weighted by molar-refractivity contribution is 5.96. The van der Waals surface area contributed by atoms with Crippen LogP contribution in [0.15, 0.2) is 42.5 Å². The van der Waals surface area contributed by atoms with Gasteiger partial charge in [0.1, 0.15) is 30.8 Å². The zero-order valence-corrected chi connectivity index (χ0v) is 22.0. The minimum atomic E-state index is -1.10. The minimum Gasteiger partial charge on any atom is -0.390 e. The van der Waals surface area contributed by atoms with Gasteiger partial charge in [0.25, 0.3) is 0 Å². The van der Waals surface area contributed by atoms with E-state index in [9.17, 15) is 28.3 Å². The van der Waals surface area contributed by atoms with Crippen LogP contribution >= 0.6 is 0 Å². The van der Waals surface area contributed by atoms with Crippen molar-refractivity contribution in [1.82, 2.24) is 20.4 Å². The number of aliphatic hydroxyl groups is 1. The molecule has 0 saturated carbocycles. The standard InChI is InChI=1S/C28H36F2N4O4/c1-4-19-7-6-8-20(9-19)14-31-15-25(35)24(12-21-10-22(29)13-23(30)11-21)32-26(36)16-33-17-27(37)34(5-2)18(3)28(33)38/h6-11,13,18,24-25,31,35H,4-5,12,14-17H2,1-3H3,(H,32,36)/t18-,24+,25-/m1/s1. The molecule has 0 aliphatic carbocycles. The summed E-state index contributed by atoms with van der Waals surface area (Å²) in [4.78, 5) is 40.6. The van der Waals surface area contributed by atoms with Gasteiger partial charge in [-0.05, 0) is 55.5 Å². The van der Waals surface area contributed by atoms with Gasteiger partial charge >= 0.3 is 0 Å². The molecule has 0 spiro atoms. The van der Waals surface area contributed by atoms with Crippen LogP contribution in [-0.4, -0.2) is 77.0 Å². The number of rotatable bonds is 12. The number of piperazine rings is 1. The molecule has 2 aromatic rings. The normalized spacial score (nSPS) is 17.5. The summed E-state index contributed by atoms with van der Waals surface area (Å²) < 4.78 is 27.6. The van der Waals surface area contributed by atoms with Crippen LogP contribution in [0.3, 0.4) is 0 Å². The summed E-state index contributed by atoms with van der Waals surface area (Å²) in [7, 11) is 0. The van der Waals surface area contributed by atoms with Crippen LogP contribution in [0.4, 0.5) is 8.78 Å². The Morgan fingerprint density at radius 3 is 2.42 bits per heavy atom. The lowest BCUT2D eigenvalue weighted by atomic mass is 10.0. The number of likely N-dealkylation sites (N-methyl/N-ethyl adjacent to an activating group) is 1. The van der Waals surface area contributed by atoms with Crippen molar-refractivity contribution in [2.24, 2.45) is 0 Å². The fraction of sp³-hybridized carbons (Fsp3) is 0.464. The number of halogens is 2. The van der Waals surface area contributed by atoms with Crippen LogP contribution in [0.5, 0.6) is 0 Å². The van der Waals surface area contributed by atoms with Gasteiger partial charge in [-0.25, -0.2) is 8.78 Å². The van der Waals surface area contributed by atoms with Gasteiger partial charge in [0.2, 0.25) is 17.7 Å². The van der Waals surface area contributed by atoms with E-state index in [1.54, 1.807) is 13.8 Å². The Morgan fingerprint density at radius 1 is 1.08 bits per heavy atom. The first kappa shape index (κ1) is 29.2. The molecule has 3 amide bonds. The highest BCUT2D eigenvalue weighted by Crippen LogP contribution is 2.14. The summed E-state index contributed by atoms with van der Waals surface area (Å²) in [5.74, 6) is -2.71. The molecule has 1 fully saturated rings. The molecule has 0 unspecified atom stereocenters. The van der Waals surface area contributed by atoms with Gasteiger partial charge < -0.3 is 25.5 Å². The van der Waals surface area contributed by atoms with Gasteiger partial charge in [-0.15, -0.1) is 0 Å². The molecule has 1 heterocycles. The number of carbonyl (C=O) groups is 3. The molecule has 38 heavy (non-hydrogen) atoms. The Bertz CT molecular complexity index is 1130. The summed E-state index contributed by atoms with van der Waals surface area (Å²) in [5.41, 5.74) is 2.48. The van der Waals surface area contributed by atoms with Gasteiger partial charge in [-0.1, -0.05) is 31.2 Å². The van der Waals surface area contributed by atoms with E-state index < -0.39 is 35.7 Å². The van der Waals surface area contributed by atoms with Crippen molar-refractivity contribution in [1.29, 1.82) is 0 Å². The first-order chi connectivity index (χ1) is 18.1. The van der Waals surface area contributed by atoms with Crippen LogP contribution in [-0.2, 0) is 33.8 Å². The van der Waals surface area contributed by atoms with Crippen LogP contribution < -0.4 is 10.6 Å². The number of amides is 3. The quantitative estimate of drug-likeness (QED) is 0.389. The van der Waals surface area contributed by atoms with Crippen molar-refractivity contribution in [2.45, 2.75) is 58.3 Å². The fourth-order valence-corrected chi connectivity index (χ4v) is 4.69. The lowest BCUT2D eigenvalue weighted by Crippen LogP contribution is -2.60. The smallest absolute Gasteiger partial charge is 0.246 e. The van der Waals surface area contributed by atoms with Gasteiger partial charge in [0.05, 0.1) is 12.1 Å². The van der Waals surface area contributed by atoms with E-state index in [0.29, 0.717) is 13.1 Å². The third kappa shape index (κ3) is 7.82.